The summed E-state index contributed by atoms with van der Waals surface area (Å²) >= 11 is 4.85. The van der Waals surface area contributed by atoms with Crippen LogP contribution < -0.4 is 10.6 Å². The highest BCUT2D eigenvalue weighted by atomic mass is 79.9. The molecular formula is C17H20BrN3O3S. The van der Waals surface area contributed by atoms with Crippen LogP contribution in [0.3, 0.4) is 0 Å². The molecule has 1 aliphatic rings. The number of nitrogens with one attached hydrogen (secondary N) is 2. The molecule has 6 nitrogen and oxygen atoms in total. The van der Waals surface area contributed by atoms with E-state index in [0.29, 0.717) is 11.2 Å². The molecule has 2 amide bonds. The smallest absolute Gasteiger partial charge is 0.287 e. The van der Waals surface area contributed by atoms with Crippen LogP contribution >= 0.6 is 27.3 Å². The zero-order chi connectivity index (χ0) is 17.6. The van der Waals surface area contributed by atoms with Gasteiger partial charge < -0.3 is 15.1 Å². The summed E-state index contributed by atoms with van der Waals surface area (Å²) in [5.74, 6) is -0.442. The monoisotopic (exact) mass is 425 g/mol. The van der Waals surface area contributed by atoms with Crippen molar-refractivity contribution in [3.05, 3.63) is 45.0 Å². The third kappa shape index (κ3) is 4.93. The minimum Gasteiger partial charge on any atom is -0.444 e. The highest BCUT2D eigenvalue weighted by Gasteiger charge is 2.24. The minimum atomic E-state index is -0.407. The summed E-state index contributed by atoms with van der Waals surface area (Å²) in [4.78, 5) is 27.6. The SMILES string of the molecule is O=C(CNC(=O)c1ccc(Br)o1)NC[C@@H](c1cccs1)N1CCCC1. The number of furan rings is 1. The second-order valence-corrected chi connectivity index (χ2v) is 7.63. The van der Waals surface area contributed by atoms with E-state index in [0.717, 1.165) is 13.1 Å². The summed E-state index contributed by atoms with van der Waals surface area (Å²) < 4.78 is 5.64. The molecule has 0 saturated carbocycles. The molecule has 1 atom stereocenters. The molecule has 3 rings (SSSR count). The second-order valence-electron chi connectivity index (χ2n) is 5.86. The largest absolute Gasteiger partial charge is 0.444 e. The zero-order valence-corrected chi connectivity index (χ0v) is 16.1. The lowest BCUT2D eigenvalue weighted by Gasteiger charge is -2.26. The Labute approximate surface area is 158 Å². The number of carbonyl (C=O) groups is 2. The highest BCUT2D eigenvalue weighted by Crippen LogP contribution is 2.27. The van der Waals surface area contributed by atoms with E-state index in [1.165, 1.54) is 17.7 Å². The Balaban J connectivity index is 1.49. The van der Waals surface area contributed by atoms with E-state index < -0.39 is 5.91 Å². The van der Waals surface area contributed by atoms with Crippen molar-refractivity contribution in [2.24, 2.45) is 0 Å². The standard InChI is InChI=1S/C17H20BrN3O3S/c18-15-6-5-13(24-15)17(23)20-11-16(22)19-10-12(14-4-3-9-25-14)21-7-1-2-8-21/h3-6,9,12H,1-2,7-8,10-11H2,(H,19,22)(H,20,23)/t12-/m0/s1. The maximum atomic E-state index is 12.1. The molecule has 1 aliphatic heterocycles. The van der Waals surface area contributed by atoms with Gasteiger partial charge in [0, 0.05) is 11.4 Å². The number of amides is 2. The van der Waals surface area contributed by atoms with Crippen LogP contribution in [-0.2, 0) is 4.79 Å². The number of nitrogens with zero attached hydrogens (tertiary/aromatic N) is 1. The van der Waals surface area contributed by atoms with Gasteiger partial charge in [0.25, 0.3) is 5.91 Å². The fraction of sp³-hybridized carbons (Fsp3) is 0.412. The van der Waals surface area contributed by atoms with Crippen molar-refractivity contribution in [2.45, 2.75) is 18.9 Å². The van der Waals surface area contributed by atoms with E-state index >= 15 is 0 Å². The Bertz CT molecular complexity index is 711. The molecule has 8 heteroatoms. The Morgan fingerprint density at radius 3 is 2.68 bits per heavy atom. The minimum absolute atomic E-state index is 0.0751. The summed E-state index contributed by atoms with van der Waals surface area (Å²) in [5.41, 5.74) is 0. The van der Waals surface area contributed by atoms with Gasteiger partial charge in [0.15, 0.2) is 10.4 Å². The molecular weight excluding hydrogens is 406 g/mol. The van der Waals surface area contributed by atoms with E-state index in [4.69, 9.17) is 4.42 Å². The number of thiophene rings is 1. The number of hydrogen-bond acceptors (Lipinski definition) is 5. The topological polar surface area (TPSA) is 74.6 Å². The molecule has 0 spiro atoms. The van der Waals surface area contributed by atoms with Crippen LogP contribution in [0.1, 0.15) is 34.3 Å². The first-order valence-electron chi connectivity index (χ1n) is 8.21. The first-order chi connectivity index (χ1) is 12.1. The summed E-state index contributed by atoms with van der Waals surface area (Å²) in [7, 11) is 0. The lowest BCUT2D eigenvalue weighted by atomic mass is 10.2. The van der Waals surface area contributed by atoms with Gasteiger partial charge in [-0.15, -0.1) is 11.3 Å². The third-order valence-electron chi connectivity index (χ3n) is 4.15. The van der Waals surface area contributed by atoms with Gasteiger partial charge in [-0.05, 0) is 65.4 Å². The molecule has 0 unspecified atom stereocenters. The number of rotatable bonds is 7. The van der Waals surface area contributed by atoms with Crippen LogP contribution in [0.4, 0.5) is 0 Å². The van der Waals surface area contributed by atoms with Crippen molar-refractivity contribution in [3.63, 3.8) is 0 Å². The molecule has 134 valence electrons. The Hall–Kier alpha value is -1.64. The number of halogens is 1. The van der Waals surface area contributed by atoms with E-state index in [-0.39, 0.29) is 24.3 Å². The summed E-state index contributed by atoms with van der Waals surface area (Å²) in [5, 5.41) is 7.55. The maximum absolute atomic E-state index is 12.1. The van der Waals surface area contributed by atoms with Gasteiger partial charge in [0.2, 0.25) is 5.91 Å². The van der Waals surface area contributed by atoms with Crippen LogP contribution in [0, 0.1) is 0 Å². The van der Waals surface area contributed by atoms with Crippen molar-refractivity contribution in [3.8, 4) is 0 Å². The van der Waals surface area contributed by atoms with E-state index in [1.807, 2.05) is 6.07 Å². The molecule has 2 aromatic heterocycles. The van der Waals surface area contributed by atoms with Crippen molar-refractivity contribution < 1.29 is 14.0 Å². The average molecular weight is 426 g/mol. The van der Waals surface area contributed by atoms with Gasteiger partial charge in [-0.25, -0.2) is 0 Å². The van der Waals surface area contributed by atoms with Crippen LogP contribution in [0.15, 0.2) is 38.7 Å². The second kappa shape index (κ2) is 8.64. The lowest BCUT2D eigenvalue weighted by molar-refractivity contribution is -0.120. The quantitative estimate of drug-likeness (QED) is 0.714. The van der Waals surface area contributed by atoms with Gasteiger partial charge in [-0.3, -0.25) is 14.5 Å². The third-order valence-corrected chi connectivity index (χ3v) is 5.55. The van der Waals surface area contributed by atoms with E-state index in [9.17, 15) is 9.59 Å². The van der Waals surface area contributed by atoms with Crippen molar-refractivity contribution >= 4 is 39.1 Å². The van der Waals surface area contributed by atoms with Gasteiger partial charge in [-0.2, -0.15) is 0 Å². The van der Waals surface area contributed by atoms with Gasteiger partial charge in [0.05, 0.1) is 12.6 Å². The van der Waals surface area contributed by atoms with Crippen molar-refractivity contribution in [2.75, 3.05) is 26.2 Å². The molecule has 25 heavy (non-hydrogen) atoms. The van der Waals surface area contributed by atoms with Crippen LogP contribution in [0.25, 0.3) is 0 Å². The van der Waals surface area contributed by atoms with Gasteiger partial charge in [0.1, 0.15) is 0 Å². The Morgan fingerprint density at radius 1 is 1.24 bits per heavy atom. The van der Waals surface area contributed by atoms with Gasteiger partial charge in [-0.1, -0.05) is 6.07 Å². The van der Waals surface area contributed by atoms with Crippen molar-refractivity contribution in [1.82, 2.24) is 15.5 Å². The normalized spacial score (nSPS) is 15.9. The molecule has 1 fully saturated rings. The zero-order valence-electron chi connectivity index (χ0n) is 13.7. The van der Waals surface area contributed by atoms with Crippen LogP contribution in [0.5, 0.6) is 0 Å². The summed E-state index contributed by atoms with van der Waals surface area (Å²) in [6.45, 7) is 2.58. The molecule has 0 radical (unpaired) electrons. The van der Waals surface area contributed by atoms with Crippen molar-refractivity contribution in [1.29, 1.82) is 0 Å². The van der Waals surface area contributed by atoms with Gasteiger partial charge >= 0.3 is 0 Å². The number of likely N-dealkylation sites (tertiary alicyclic amines) is 1. The predicted octanol–water partition coefficient (Wildman–Crippen LogP) is 2.79. The lowest BCUT2D eigenvalue weighted by Crippen LogP contribution is -2.41. The first-order valence-corrected chi connectivity index (χ1v) is 9.88. The highest BCUT2D eigenvalue weighted by molar-refractivity contribution is 9.10. The molecule has 3 heterocycles. The van der Waals surface area contributed by atoms with Crippen LogP contribution in [0.2, 0.25) is 0 Å². The molecule has 2 aromatic rings. The van der Waals surface area contributed by atoms with E-state index in [1.54, 1.807) is 23.5 Å². The summed E-state index contributed by atoms with van der Waals surface area (Å²) in [6.07, 6.45) is 2.40. The fourth-order valence-corrected chi connectivity index (χ4v) is 4.07. The molecule has 2 N–H and O–H groups in total. The summed E-state index contributed by atoms with van der Waals surface area (Å²) in [6, 6.07) is 7.53. The first kappa shape index (κ1) is 18.2. The Kier molecular flexibility index (Phi) is 6.28. The molecule has 0 aliphatic carbocycles. The molecule has 0 bridgehead atoms. The fourth-order valence-electron chi connectivity index (χ4n) is 2.90. The van der Waals surface area contributed by atoms with Crippen LogP contribution in [-0.4, -0.2) is 42.9 Å². The van der Waals surface area contributed by atoms with E-state index in [2.05, 4.69) is 42.9 Å². The Morgan fingerprint density at radius 2 is 2.04 bits per heavy atom. The average Bonchev–Trinajstić information content (AvgIpc) is 3.35. The maximum Gasteiger partial charge on any atom is 0.287 e. The number of carbonyl (C=O) groups excluding carboxylic acids is 2. The molecule has 0 aromatic carbocycles. The molecule has 1 saturated heterocycles. The predicted molar refractivity (Wildman–Crippen MR) is 99.6 cm³/mol. The number of hydrogen-bond donors (Lipinski definition) is 2.